The number of para-hydroxylation sites is 3. The van der Waals surface area contributed by atoms with Gasteiger partial charge in [0.05, 0.1) is 22.1 Å². The molecule has 0 saturated carbocycles. The number of thiophene rings is 1. The van der Waals surface area contributed by atoms with Gasteiger partial charge in [-0.25, -0.2) is 0 Å². The number of hydrogen-bond donors (Lipinski definition) is 0. The fraction of sp³-hybridized carbons (Fsp3) is 0.0833. The van der Waals surface area contributed by atoms with Crippen LogP contribution in [0.5, 0.6) is 0 Å². The third-order valence-corrected chi connectivity index (χ3v) is 18.3. The molecule has 0 amide bonds. The summed E-state index contributed by atoms with van der Waals surface area (Å²) in [6, 6.07) is 83.1. The van der Waals surface area contributed by atoms with Crippen molar-refractivity contribution in [3.05, 3.63) is 252 Å². The lowest BCUT2D eigenvalue weighted by atomic mass is 9.20. The summed E-state index contributed by atoms with van der Waals surface area (Å²) < 4.78 is 7.53. The highest BCUT2D eigenvalue weighted by molar-refractivity contribution is 7.25. The van der Waals surface area contributed by atoms with Crippen molar-refractivity contribution in [1.29, 1.82) is 0 Å². The minimum Gasteiger partial charge on any atom is -0.309 e. The Morgan fingerprint density at radius 1 is 0.286 bits per heavy atom. The lowest BCUT2D eigenvalue weighted by Crippen LogP contribution is -2.76. The van der Waals surface area contributed by atoms with Gasteiger partial charge in [-0.05, 0) is 137 Å². The van der Waals surface area contributed by atoms with E-state index < -0.39 is 0 Å². The second-order valence-electron chi connectivity index (χ2n) is 22.0. The van der Waals surface area contributed by atoms with Gasteiger partial charge in [0.1, 0.15) is 0 Å². The molecule has 3 aromatic heterocycles. The maximum Gasteiger partial charge on any atom is 0.240 e. The first-order chi connectivity index (χ1) is 37.6. The first-order valence-corrected chi connectivity index (χ1v) is 27.9. The van der Waals surface area contributed by atoms with Crippen molar-refractivity contribution >= 4 is 121 Å². The van der Waals surface area contributed by atoms with E-state index in [1.165, 1.54) is 158 Å². The molecular weight excluding hydrogens is 946 g/mol. The lowest BCUT2D eigenvalue weighted by molar-refractivity contribution is 1.17. The van der Waals surface area contributed by atoms with Crippen molar-refractivity contribution in [3.8, 4) is 33.6 Å². The van der Waals surface area contributed by atoms with Gasteiger partial charge in [0.15, 0.2) is 0 Å². The molecule has 0 saturated heterocycles. The van der Waals surface area contributed by atoms with Gasteiger partial charge in [-0.1, -0.05) is 212 Å². The number of fused-ring (bicyclic) bond motifs is 11. The van der Waals surface area contributed by atoms with Crippen molar-refractivity contribution in [2.24, 2.45) is 0 Å². The van der Waals surface area contributed by atoms with E-state index in [0.717, 1.165) is 5.69 Å². The van der Waals surface area contributed by atoms with E-state index >= 15 is 0 Å². The topological polar surface area (TPSA) is 9.86 Å². The van der Waals surface area contributed by atoms with Crippen LogP contribution in [0.15, 0.2) is 218 Å². The van der Waals surface area contributed by atoms with E-state index in [1.54, 1.807) is 0 Å². The molecule has 77 heavy (non-hydrogen) atoms. The van der Waals surface area contributed by atoms with E-state index in [1.807, 2.05) is 11.3 Å². The van der Waals surface area contributed by atoms with E-state index in [2.05, 4.69) is 269 Å². The number of nitrogens with zero attached hydrogens (tertiary/aromatic N) is 2. The Balaban J connectivity index is 0.923. The zero-order chi connectivity index (χ0) is 51.8. The van der Waals surface area contributed by atoms with Crippen LogP contribution in [-0.4, -0.2) is 22.6 Å². The average molecular weight is 1000 g/mol. The predicted octanol–water partition coefficient (Wildman–Crippen LogP) is 14.8. The van der Waals surface area contributed by atoms with Crippen LogP contribution in [0.4, 0.5) is 0 Å². The minimum atomic E-state index is 0.0357. The van der Waals surface area contributed by atoms with Gasteiger partial charge in [-0.15, -0.1) is 11.3 Å². The molecule has 364 valence electrons. The van der Waals surface area contributed by atoms with Crippen molar-refractivity contribution in [2.75, 3.05) is 0 Å². The molecule has 2 nitrogen and oxygen atoms in total. The summed E-state index contributed by atoms with van der Waals surface area (Å²) in [4.78, 5) is 0. The summed E-state index contributed by atoms with van der Waals surface area (Å²) in [6.45, 7) is 13.9. The zero-order valence-electron chi connectivity index (χ0n) is 44.2. The molecule has 4 heterocycles. The first kappa shape index (κ1) is 45.7. The summed E-state index contributed by atoms with van der Waals surface area (Å²) >= 11 is 1.88. The highest BCUT2D eigenvalue weighted by Crippen LogP contribution is 2.39. The van der Waals surface area contributed by atoms with E-state index in [-0.39, 0.29) is 13.4 Å². The summed E-state index contributed by atoms with van der Waals surface area (Å²) in [5.74, 6) is 0. The van der Waals surface area contributed by atoms with Crippen molar-refractivity contribution in [3.63, 3.8) is 0 Å². The number of benzene rings is 11. The fourth-order valence-electron chi connectivity index (χ4n) is 14.1. The second-order valence-corrected chi connectivity index (χ2v) is 23.0. The lowest BCUT2D eigenvalue weighted by Gasteiger charge is -2.35. The van der Waals surface area contributed by atoms with Gasteiger partial charge >= 0.3 is 0 Å². The van der Waals surface area contributed by atoms with Crippen LogP contribution in [0.25, 0.3) is 97.4 Å². The molecule has 0 N–H and O–H groups in total. The Morgan fingerprint density at radius 2 is 0.701 bits per heavy atom. The van der Waals surface area contributed by atoms with E-state index in [9.17, 15) is 0 Å². The van der Waals surface area contributed by atoms with Crippen molar-refractivity contribution in [2.45, 2.75) is 41.5 Å². The summed E-state index contributed by atoms with van der Waals surface area (Å²) in [5, 5.41) is 7.65. The van der Waals surface area contributed by atoms with Gasteiger partial charge in [-0.2, -0.15) is 0 Å². The zero-order valence-corrected chi connectivity index (χ0v) is 45.1. The summed E-state index contributed by atoms with van der Waals surface area (Å²) in [7, 11) is 0. The molecule has 0 fully saturated rings. The standard InChI is InChI=1S/C72H54B2N2S/c1-43-34-45(3)71(46(4)35-43)73-62-30-25-52(50-27-33-70-60(39-50)57-20-12-15-23-69(57)77-70)41-64(62)74(72-47(5)36-44(2)37-48(72)6)61-29-24-51(40-63(61)73)49-26-31-67-58(38-49)55-18-10-14-22-66(55)76(67)54-28-32-68-59(42-54)56-19-11-13-21-65(56)75(68)53-16-8-7-9-17-53/h7-42H,1-6H3. The van der Waals surface area contributed by atoms with Gasteiger partial charge < -0.3 is 9.13 Å². The third kappa shape index (κ3) is 7.10. The quantitative estimate of drug-likeness (QED) is 0.147. The molecule has 0 spiro atoms. The molecule has 0 bridgehead atoms. The van der Waals surface area contributed by atoms with Crippen molar-refractivity contribution in [1.82, 2.24) is 9.13 Å². The Hall–Kier alpha value is -8.63. The number of hydrogen-bond acceptors (Lipinski definition) is 1. The first-order valence-electron chi connectivity index (χ1n) is 27.1. The molecule has 5 heteroatoms. The van der Waals surface area contributed by atoms with Gasteiger partial charge in [-0.3, -0.25) is 0 Å². The molecule has 0 aliphatic carbocycles. The van der Waals surface area contributed by atoms with Crippen LogP contribution < -0.4 is 32.8 Å². The molecule has 0 atom stereocenters. The number of aromatic nitrogens is 2. The smallest absolute Gasteiger partial charge is 0.240 e. The normalized spacial score (nSPS) is 12.5. The van der Waals surface area contributed by atoms with Gasteiger partial charge in [0, 0.05) is 53.1 Å². The largest absolute Gasteiger partial charge is 0.309 e. The molecule has 14 aromatic rings. The predicted molar refractivity (Wildman–Crippen MR) is 336 cm³/mol. The third-order valence-electron chi connectivity index (χ3n) is 17.1. The summed E-state index contributed by atoms with van der Waals surface area (Å²) in [5.41, 5.74) is 28.5. The molecule has 15 rings (SSSR count). The van der Waals surface area contributed by atoms with Gasteiger partial charge in [0.25, 0.3) is 0 Å². The molecular formula is C72H54B2N2S. The molecule has 11 aromatic carbocycles. The van der Waals surface area contributed by atoms with Crippen LogP contribution in [-0.2, 0) is 0 Å². The van der Waals surface area contributed by atoms with Crippen LogP contribution in [0.2, 0.25) is 0 Å². The number of aryl methyl sites for hydroxylation is 6. The Bertz CT molecular complexity index is 4740. The average Bonchev–Trinajstić information content (AvgIpc) is 4.23. The SMILES string of the molecule is Cc1cc(C)c(B2c3ccc(-c4ccc5c(c4)c4ccccc4n5-c4ccc5c(c4)c4ccccc4n5-c4ccccc4)cc3B(c3c(C)cc(C)cc3C)c3ccc(-c4ccc5sc6ccccc6c5c4)cc32)c(C)c1. The highest BCUT2D eigenvalue weighted by Gasteiger charge is 2.41. The van der Waals surface area contributed by atoms with Crippen LogP contribution in [0.1, 0.15) is 33.4 Å². The maximum absolute atomic E-state index is 2.56. The second kappa shape index (κ2) is 17.5. The fourth-order valence-corrected chi connectivity index (χ4v) is 15.2. The summed E-state index contributed by atoms with van der Waals surface area (Å²) in [6.07, 6.45) is 0. The van der Waals surface area contributed by atoms with Crippen LogP contribution >= 0.6 is 11.3 Å². The number of rotatable bonds is 6. The van der Waals surface area contributed by atoms with Crippen molar-refractivity contribution < 1.29 is 0 Å². The van der Waals surface area contributed by atoms with E-state index in [4.69, 9.17) is 0 Å². The van der Waals surface area contributed by atoms with Gasteiger partial charge in [0.2, 0.25) is 13.4 Å². The van der Waals surface area contributed by atoms with Crippen LogP contribution in [0.3, 0.4) is 0 Å². The molecule has 1 aliphatic heterocycles. The van der Waals surface area contributed by atoms with Crippen LogP contribution in [0, 0.1) is 41.5 Å². The Morgan fingerprint density at radius 3 is 1.29 bits per heavy atom. The minimum absolute atomic E-state index is 0.0357. The Kier molecular flexibility index (Phi) is 10.4. The van der Waals surface area contributed by atoms with E-state index in [0.29, 0.717) is 0 Å². The molecule has 1 aliphatic rings. The molecule has 0 unspecified atom stereocenters. The molecule has 0 radical (unpaired) electrons. The Labute approximate surface area is 454 Å². The monoisotopic (exact) mass is 1000 g/mol. The highest BCUT2D eigenvalue weighted by atomic mass is 32.1. The maximum atomic E-state index is 2.56.